The first-order chi connectivity index (χ1) is 14.7. The maximum Gasteiger partial charge on any atom is 0.412 e. The van der Waals surface area contributed by atoms with Gasteiger partial charge in [-0.2, -0.15) is 5.10 Å². The van der Waals surface area contributed by atoms with E-state index >= 15 is 0 Å². The van der Waals surface area contributed by atoms with E-state index in [0.29, 0.717) is 30.2 Å². The van der Waals surface area contributed by atoms with Gasteiger partial charge in [-0.3, -0.25) is 5.32 Å². The third kappa shape index (κ3) is 5.42. The molecule has 0 saturated carbocycles. The van der Waals surface area contributed by atoms with Crippen molar-refractivity contribution >= 4 is 35.5 Å². The van der Waals surface area contributed by atoms with Gasteiger partial charge >= 0.3 is 12.1 Å². The van der Waals surface area contributed by atoms with E-state index in [1.165, 1.54) is 6.34 Å². The number of amidine groups is 1. The van der Waals surface area contributed by atoms with Crippen LogP contribution in [0.2, 0.25) is 0 Å². The summed E-state index contributed by atoms with van der Waals surface area (Å²) in [5.74, 6) is -0.0409. The first kappa shape index (κ1) is 22.3. The Hall–Kier alpha value is -3.36. The van der Waals surface area contributed by atoms with E-state index in [1.807, 2.05) is 19.1 Å². The summed E-state index contributed by atoms with van der Waals surface area (Å²) in [5.41, 5.74) is 8.44. The van der Waals surface area contributed by atoms with Gasteiger partial charge in [0.25, 0.3) is 0 Å². The molecule has 2 aliphatic heterocycles. The third-order valence-corrected chi connectivity index (χ3v) is 4.72. The number of nitrogens with two attached hydrogens (primary N) is 1. The normalized spacial score (nSPS) is 17.9. The largest absolute Gasteiger partial charge is 0.464 e. The average molecular weight is 428 g/mol. The molecule has 1 amide bonds. The minimum absolute atomic E-state index is 0.296. The van der Waals surface area contributed by atoms with Crippen molar-refractivity contribution in [3.63, 3.8) is 0 Å². The van der Waals surface area contributed by atoms with Gasteiger partial charge in [0.2, 0.25) is 0 Å². The van der Waals surface area contributed by atoms with Gasteiger partial charge in [0.15, 0.2) is 11.9 Å². The molecule has 9 nitrogen and oxygen atoms in total. The van der Waals surface area contributed by atoms with Crippen molar-refractivity contribution in [3.05, 3.63) is 35.5 Å². The number of nitrogens with zero attached hydrogens (tertiary/aromatic N) is 3. The summed E-state index contributed by atoms with van der Waals surface area (Å²) in [5, 5.41) is 8.53. The molecule has 0 radical (unpaired) electrons. The molecule has 166 valence electrons. The number of rotatable bonds is 6. The van der Waals surface area contributed by atoms with Crippen LogP contribution in [0.5, 0.6) is 0 Å². The number of esters is 1. The van der Waals surface area contributed by atoms with Gasteiger partial charge < -0.3 is 15.2 Å². The molecule has 2 aliphatic rings. The van der Waals surface area contributed by atoms with Crippen LogP contribution in [0, 0.1) is 0 Å². The van der Waals surface area contributed by atoms with E-state index in [0.717, 1.165) is 24.0 Å². The van der Waals surface area contributed by atoms with Crippen molar-refractivity contribution in [1.29, 1.82) is 0 Å². The standard InChI is InChI=1S/C22H29N5O4/c1-5-6-11-30-20(28)17-12-16(18-19(23)24-13-25-27(17)18)14-7-9-15(10-8-14)26-21(29)31-22(2,3)4/h7-10,13,17H,5-6,11-12H2,1-4H3,(H,26,29)(H2,23,24,25). The fourth-order valence-corrected chi connectivity index (χ4v) is 3.31. The minimum Gasteiger partial charge on any atom is -0.464 e. The SMILES string of the molecule is CCCCOC(=O)C1CC(c2ccc(NC(=O)OC(C)(C)C)cc2)=C2C(N)=NC=NN21. The molecule has 2 heterocycles. The van der Waals surface area contributed by atoms with E-state index in [1.54, 1.807) is 37.9 Å². The first-order valence-corrected chi connectivity index (χ1v) is 10.3. The molecule has 1 unspecified atom stereocenters. The number of fused-ring (bicyclic) bond motifs is 1. The summed E-state index contributed by atoms with van der Waals surface area (Å²) < 4.78 is 10.7. The van der Waals surface area contributed by atoms with Crippen molar-refractivity contribution in [2.24, 2.45) is 15.8 Å². The van der Waals surface area contributed by atoms with Crippen LogP contribution in [0.25, 0.3) is 5.57 Å². The summed E-state index contributed by atoms with van der Waals surface area (Å²) in [6, 6.07) is 6.65. The van der Waals surface area contributed by atoms with Gasteiger partial charge in [-0.1, -0.05) is 25.5 Å². The van der Waals surface area contributed by atoms with Gasteiger partial charge in [-0.05, 0) is 50.5 Å². The number of aliphatic imine (C=N–C) groups is 1. The second-order valence-corrected chi connectivity index (χ2v) is 8.36. The van der Waals surface area contributed by atoms with Gasteiger partial charge in [0.05, 0.1) is 6.61 Å². The molecule has 31 heavy (non-hydrogen) atoms. The van der Waals surface area contributed by atoms with Gasteiger partial charge in [0.1, 0.15) is 17.6 Å². The zero-order chi connectivity index (χ0) is 22.6. The average Bonchev–Trinajstić information content (AvgIpc) is 3.08. The molecule has 9 heteroatoms. The van der Waals surface area contributed by atoms with Crippen LogP contribution in [-0.4, -0.2) is 47.5 Å². The van der Waals surface area contributed by atoms with Crippen LogP contribution in [0.15, 0.2) is 40.1 Å². The van der Waals surface area contributed by atoms with Crippen LogP contribution in [-0.2, 0) is 14.3 Å². The lowest BCUT2D eigenvalue weighted by molar-refractivity contribution is -0.148. The predicted molar refractivity (Wildman–Crippen MR) is 119 cm³/mol. The molecule has 0 aromatic heterocycles. The highest BCUT2D eigenvalue weighted by atomic mass is 16.6. The maximum absolute atomic E-state index is 12.6. The first-order valence-electron chi connectivity index (χ1n) is 10.3. The lowest BCUT2D eigenvalue weighted by atomic mass is 10.00. The lowest BCUT2D eigenvalue weighted by Crippen LogP contribution is -2.39. The number of amides is 1. The summed E-state index contributed by atoms with van der Waals surface area (Å²) in [6.45, 7) is 7.82. The van der Waals surface area contributed by atoms with E-state index in [-0.39, 0.29) is 5.97 Å². The quantitative estimate of drug-likeness (QED) is 0.530. The topological polar surface area (TPSA) is 119 Å². The summed E-state index contributed by atoms with van der Waals surface area (Å²) in [4.78, 5) is 28.7. The Morgan fingerprint density at radius 1 is 1.26 bits per heavy atom. The molecular formula is C22H29N5O4. The summed E-state index contributed by atoms with van der Waals surface area (Å²) >= 11 is 0. The molecule has 3 N–H and O–H groups in total. The number of unbranched alkanes of at least 4 members (excludes halogenated alkanes) is 1. The Bertz CT molecular complexity index is 928. The van der Waals surface area contributed by atoms with E-state index in [9.17, 15) is 9.59 Å². The molecule has 0 aliphatic carbocycles. The highest BCUT2D eigenvalue weighted by Crippen LogP contribution is 2.37. The van der Waals surface area contributed by atoms with Crippen LogP contribution in [0.4, 0.5) is 10.5 Å². The number of nitrogens with one attached hydrogen (secondary N) is 1. The Morgan fingerprint density at radius 3 is 2.61 bits per heavy atom. The lowest BCUT2D eigenvalue weighted by Gasteiger charge is -2.24. The van der Waals surface area contributed by atoms with Gasteiger partial charge in [-0.25, -0.2) is 19.6 Å². The Labute approximate surface area is 182 Å². The molecule has 3 rings (SSSR count). The van der Waals surface area contributed by atoms with E-state index in [2.05, 4.69) is 15.4 Å². The zero-order valence-electron chi connectivity index (χ0n) is 18.3. The highest BCUT2D eigenvalue weighted by molar-refractivity contribution is 6.09. The second-order valence-electron chi connectivity index (χ2n) is 8.36. The zero-order valence-corrected chi connectivity index (χ0v) is 18.3. The third-order valence-electron chi connectivity index (χ3n) is 4.72. The van der Waals surface area contributed by atoms with Crippen molar-refractivity contribution in [3.8, 4) is 0 Å². The number of anilines is 1. The van der Waals surface area contributed by atoms with Crippen molar-refractivity contribution in [1.82, 2.24) is 5.01 Å². The minimum atomic E-state index is -0.591. The van der Waals surface area contributed by atoms with Gasteiger partial charge in [0, 0.05) is 12.1 Å². The molecular weight excluding hydrogens is 398 g/mol. The smallest absolute Gasteiger partial charge is 0.412 e. The van der Waals surface area contributed by atoms with E-state index < -0.39 is 17.7 Å². The molecule has 0 fully saturated rings. The molecule has 1 atom stereocenters. The van der Waals surface area contributed by atoms with Crippen LogP contribution in [0.1, 0.15) is 52.5 Å². The van der Waals surface area contributed by atoms with Crippen molar-refractivity contribution in [2.45, 2.75) is 58.6 Å². The van der Waals surface area contributed by atoms with Crippen molar-refractivity contribution in [2.75, 3.05) is 11.9 Å². The highest BCUT2D eigenvalue weighted by Gasteiger charge is 2.40. The Kier molecular flexibility index (Phi) is 6.62. The van der Waals surface area contributed by atoms with Crippen LogP contribution >= 0.6 is 0 Å². The second kappa shape index (κ2) is 9.20. The fraction of sp³-hybridized carbons (Fsp3) is 0.455. The number of ether oxygens (including phenoxy) is 2. The van der Waals surface area contributed by atoms with E-state index in [4.69, 9.17) is 15.2 Å². The summed E-state index contributed by atoms with van der Waals surface area (Å²) in [6.07, 6.45) is 2.96. The molecule has 0 spiro atoms. The van der Waals surface area contributed by atoms with Crippen LogP contribution < -0.4 is 11.1 Å². The number of hydrazone groups is 1. The number of carbonyl (C=O) groups excluding carboxylic acids is 2. The Morgan fingerprint density at radius 2 is 1.97 bits per heavy atom. The fourth-order valence-electron chi connectivity index (χ4n) is 3.31. The maximum atomic E-state index is 12.6. The monoisotopic (exact) mass is 427 g/mol. The number of benzene rings is 1. The molecule has 0 bridgehead atoms. The number of carbonyl (C=O) groups is 2. The number of hydrogen-bond donors (Lipinski definition) is 2. The predicted octanol–water partition coefficient (Wildman–Crippen LogP) is 3.48. The molecule has 0 saturated heterocycles. The molecule has 1 aromatic rings. The van der Waals surface area contributed by atoms with Crippen LogP contribution in [0.3, 0.4) is 0 Å². The summed E-state index contributed by atoms with van der Waals surface area (Å²) in [7, 11) is 0. The number of hydrogen-bond acceptors (Lipinski definition) is 8. The molecule has 1 aromatic carbocycles. The van der Waals surface area contributed by atoms with Gasteiger partial charge in [-0.15, -0.1) is 0 Å². The Balaban J connectivity index is 1.78. The van der Waals surface area contributed by atoms with Crippen molar-refractivity contribution < 1.29 is 19.1 Å².